The van der Waals surface area contributed by atoms with Crippen LogP contribution in [0.2, 0.25) is 0 Å². The van der Waals surface area contributed by atoms with Crippen LogP contribution in [0.1, 0.15) is 90.4 Å². The lowest BCUT2D eigenvalue weighted by molar-refractivity contribution is 0.0899. The zero-order chi connectivity index (χ0) is 15.6. The normalized spacial score (nSPS) is 11.1. The lowest BCUT2D eigenvalue weighted by Crippen LogP contribution is -2.01. The minimum absolute atomic E-state index is 0.341. The van der Waals surface area contributed by atoms with E-state index in [4.69, 9.17) is 5.11 Å². The van der Waals surface area contributed by atoms with Crippen LogP contribution in [-0.2, 0) is 4.74 Å². The van der Waals surface area contributed by atoms with E-state index in [0.29, 0.717) is 6.61 Å². The molecule has 0 bridgehead atoms. The number of allylic oxidation sites excluding steroid dienone is 2. The van der Waals surface area contributed by atoms with Crippen molar-refractivity contribution in [2.45, 2.75) is 90.4 Å². The van der Waals surface area contributed by atoms with Crippen molar-refractivity contribution >= 4 is 6.16 Å². The third kappa shape index (κ3) is 19.0. The standard InChI is InChI=1S/C18H34O3/c1-2-3-4-5-6-7-8-9-10-11-12-13-14-15-16-17-21-18(19)20/h9-10H,2-8,11-17H2,1H3,(H,19,20). The smallest absolute Gasteiger partial charge is 0.450 e. The van der Waals surface area contributed by atoms with Gasteiger partial charge in [-0.3, -0.25) is 0 Å². The van der Waals surface area contributed by atoms with Crippen molar-refractivity contribution in [3.05, 3.63) is 12.2 Å². The summed E-state index contributed by atoms with van der Waals surface area (Å²) in [6.07, 6.45) is 19.7. The van der Waals surface area contributed by atoms with Crippen molar-refractivity contribution in [2.24, 2.45) is 0 Å². The second-order valence-corrected chi connectivity index (χ2v) is 5.70. The highest BCUT2D eigenvalue weighted by Crippen LogP contribution is 2.09. The van der Waals surface area contributed by atoms with Gasteiger partial charge in [0.25, 0.3) is 0 Å². The van der Waals surface area contributed by atoms with Crippen LogP contribution >= 0.6 is 0 Å². The van der Waals surface area contributed by atoms with Crippen LogP contribution in [0.15, 0.2) is 12.2 Å². The first kappa shape index (κ1) is 20.0. The fourth-order valence-corrected chi connectivity index (χ4v) is 2.33. The first-order chi connectivity index (χ1) is 10.3. The Morgan fingerprint density at radius 3 is 1.81 bits per heavy atom. The van der Waals surface area contributed by atoms with Crippen molar-refractivity contribution < 1.29 is 14.6 Å². The third-order valence-electron chi connectivity index (χ3n) is 3.63. The van der Waals surface area contributed by atoms with E-state index >= 15 is 0 Å². The molecular weight excluding hydrogens is 264 g/mol. The third-order valence-corrected chi connectivity index (χ3v) is 3.63. The molecule has 0 heterocycles. The molecule has 0 aliphatic rings. The molecule has 0 saturated heterocycles. The van der Waals surface area contributed by atoms with Gasteiger partial charge in [-0.2, -0.15) is 0 Å². The number of rotatable bonds is 15. The number of carbonyl (C=O) groups is 1. The molecule has 0 atom stereocenters. The molecule has 0 amide bonds. The van der Waals surface area contributed by atoms with E-state index < -0.39 is 6.16 Å². The van der Waals surface area contributed by atoms with Gasteiger partial charge in [0.15, 0.2) is 0 Å². The first-order valence-corrected chi connectivity index (χ1v) is 8.78. The van der Waals surface area contributed by atoms with Gasteiger partial charge < -0.3 is 9.84 Å². The van der Waals surface area contributed by atoms with Gasteiger partial charge in [-0.1, -0.05) is 70.4 Å². The zero-order valence-corrected chi connectivity index (χ0v) is 13.8. The monoisotopic (exact) mass is 298 g/mol. The number of ether oxygens (including phenoxy) is 1. The van der Waals surface area contributed by atoms with E-state index in [2.05, 4.69) is 23.8 Å². The maximum absolute atomic E-state index is 10.1. The molecule has 0 aliphatic carbocycles. The highest BCUT2D eigenvalue weighted by molar-refractivity contribution is 5.56. The molecule has 0 saturated carbocycles. The van der Waals surface area contributed by atoms with Gasteiger partial charge in [0.2, 0.25) is 0 Å². The van der Waals surface area contributed by atoms with Crippen molar-refractivity contribution in [1.29, 1.82) is 0 Å². The molecule has 3 heteroatoms. The minimum Gasteiger partial charge on any atom is -0.450 e. The van der Waals surface area contributed by atoms with Gasteiger partial charge in [-0.25, -0.2) is 4.79 Å². The van der Waals surface area contributed by atoms with Gasteiger partial charge in [0.1, 0.15) is 0 Å². The van der Waals surface area contributed by atoms with E-state index in [1.165, 1.54) is 70.6 Å². The van der Waals surface area contributed by atoms with Gasteiger partial charge >= 0.3 is 6.16 Å². The number of unbranched alkanes of at least 4 members (excludes halogenated alkanes) is 11. The van der Waals surface area contributed by atoms with Crippen LogP contribution < -0.4 is 0 Å². The van der Waals surface area contributed by atoms with Crippen molar-refractivity contribution in [1.82, 2.24) is 0 Å². The summed E-state index contributed by atoms with van der Waals surface area (Å²) in [6.45, 7) is 2.60. The Hall–Kier alpha value is -0.990. The van der Waals surface area contributed by atoms with Crippen LogP contribution in [-0.4, -0.2) is 17.9 Å². The summed E-state index contributed by atoms with van der Waals surface area (Å²) in [5.74, 6) is 0. The summed E-state index contributed by atoms with van der Waals surface area (Å²) in [5, 5.41) is 8.30. The SMILES string of the molecule is CCCCCCCCC=CCCCCCCCOC(=O)O. The molecule has 3 nitrogen and oxygen atoms in total. The summed E-state index contributed by atoms with van der Waals surface area (Å²) < 4.78 is 4.46. The Morgan fingerprint density at radius 2 is 1.29 bits per heavy atom. The number of carboxylic acid groups (broad SMARTS) is 1. The maximum atomic E-state index is 10.1. The second kappa shape index (κ2) is 17.1. The fraction of sp³-hybridized carbons (Fsp3) is 0.833. The van der Waals surface area contributed by atoms with Crippen LogP contribution in [0.3, 0.4) is 0 Å². The van der Waals surface area contributed by atoms with E-state index in [1.54, 1.807) is 0 Å². The lowest BCUT2D eigenvalue weighted by Gasteiger charge is -2.00. The summed E-state index contributed by atoms with van der Waals surface area (Å²) in [5.41, 5.74) is 0. The van der Waals surface area contributed by atoms with Crippen molar-refractivity contribution in [3.63, 3.8) is 0 Å². The average Bonchev–Trinajstić information content (AvgIpc) is 2.46. The largest absolute Gasteiger partial charge is 0.505 e. The van der Waals surface area contributed by atoms with Crippen LogP contribution in [0.4, 0.5) is 4.79 Å². The van der Waals surface area contributed by atoms with E-state index in [0.717, 1.165) is 12.8 Å². The van der Waals surface area contributed by atoms with Gasteiger partial charge in [0, 0.05) is 0 Å². The molecule has 0 fully saturated rings. The Bertz CT molecular complexity index is 249. The van der Waals surface area contributed by atoms with Gasteiger partial charge in [0.05, 0.1) is 6.61 Å². The van der Waals surface area contributed by atoms with Crippen molar-refractivity contribution in [3.8, 4) is 0 Å². The molecule has 0 radical (unpaired) electrons. The number of hydrogen-bond donors (Lipinski definition) is 1. The fourth-order valence-electron chi connectivity index (χ4n) is 2.33. The highest BCUT2D eigenvalue weighted by Gasteiger charge is 1.95. The van der Waals surface area contributed by atoms with Crippen LogP contribution in [0.5, 0.6) is 0 Å². The Morgan fingerprint density at radius 1 is 0.810 bits per heavy atom. The molecule has 0 aromatic carbocycles. The lowest BCUT2D eigenvalue weighted by atomic mass is 10.1. The topological polar surface area (TPSA) is 46.5 Å². The summed E-state index contributed by atoms with van der Waals surface area (Å²) in [7, 11) is 0. The van der Waals surface area contributed by atoms with Gasteiger partial charge in [-0.15, -0.1) is 0 Å². The molecular formula is C18H34O3. The predicted molar refractivity (Wildman–Crippen MR) is 88.8 cm³/mol. The molecule has 0 aromatic heterocycles. The molecule has 0 aromatic rings. The predicted octanol–water partition coefficient (Wildman–Crippen LogP) is 6.33. The van der Waals surface area contributed by atoms with Crippen molar-refractivity contribution in [2.75, 3.05) is 6.61 Å². The summed E-state index contributed by atoms with van der Waals surface area (Å²) in [6, 6.07) is 0. The van der Waals surface area contributed by atoms with E-state index in [1.807, 2.05) is 0 Å². The first-order valence-electron chi connectivity index (χ1n) is 8.78. The van der Waals surface area contributed by atoms with E-state index in [-0.39, 0.29) is 0 Å². The van der Waals surface area contributed by atoms with Crippen LogP contribution in [0.25, 0.3) is 0 Å². The molecule has 0 spiro atoms. The second-order valence-electron chi connectivity index (χ2n) is 5.70. The summed E-state index contributed by atoms with van der Waals surface area (Å²) in [4.78, 5) is 10.1. The summed E-state index contributed by atoms with van der Waals surface area (Å²) >= 11 is 0. The average molecular weight is 298 g/mol. The molecule has 21 heavy (non-hydrogen) atoms. The molecule has 1 N–H and O–H groups in total. The molecule has 0 rings (SSSR count). The Balaban J connectivity index is 3.07. The van der Waals surface area contributed by atoms with Gasteiger partial charge in [-0.05, 0) is 32.1 Å². The Labute approximate surface area is 130 Å². The highest BCUT2D eigenvalue weighted by atomic mass is 16.7. The Kier molecular flexibility index (Phi) is 16.3. The molecule has 0 unspecified atom stereocenters. The zero-order valence-electron chi connectivity index (χ0n) is 13.8. The number of hydrogen-bond acceptors (Lipinski definition) is 2. The van der Waals surface area contributed by atoms with Crippen LogP contribution in [0, 0.1) is 0 Å². The molecule has 124 valence electrons. The molecule has 0 aliphatic heterocycles. The maximum Gasteiger partial charge on any atom is 0.505 e. The quantitative estimate of drug-likeness (QED) is 0.218. The van der Waals surface area contributed by atoms with E-state index in [9.17, 15) is 4.79 Å². The minimum atomic E-state index is -1.16.